The van der Waals surface area contributed by atoms with E-state index < -0.39 is 20.5 Å². The van der Waals surface area contributed by atoms with Gasteiger partial charge in [0.15, 0.2) is 9.84 Å². The molecule has 0 aliphatic carbocycles. The summed E-state index contributed by atoms with van der Waals surface area (Å²) < 4.78 is 23.7. The topological polar surface area (TPSA) is 89.0 Å². The third-order valence-corrected chi connectivity index (χ3v) is 6.04. The largest absolute Gasteiger partial charge is 0.293 e. The zero-order valence-electron chi connectivity index (χ0n) is 12.9. The number of amides is 1. The Kier molecular flexibility index (Phi) is 4.72. The number of carbonyl (C=O) groups excluding carboxylic acids is 1. The standard InChI is InChI=1S/C15H16ClN3O3S/c1-10-8-9-17-14(18-10)19-13(20)15(2,3)23(21,22)12-6-4-11(16)5-7-12/h4-9H,1-3H3,(H,17,18,19,20). The van der Waals surface area contributed by atoms with Crippen LogP contribution in [0.4, 0.5) is 5.95 Å². The first-order chi connectivity index (χ1) is 10.6. The van der Waals surface area contributed by atoms with Crippen molar-refractivity contribution in [2.75, 3.05) is 5.32 Å². The van der Waals surface area contributed by atoms with Gasteiger partial charge in [-0.15, -0.1) is 0 Å². The van der Waals surface area contributed by atoms with Crippen LogP contribution in [0.1, 0.15) is 19.5 Å². The van der Waals surface area contributed by atoms with Crippen molar-refractivity contribution in [2.24, 2.45) is 0 Å². The van der Waals surface area contributed by atoms with E-state index in [9.17, 15) is 13.2 Å². The molecule has 1 aromatic heterocycles. The molecule has 122 valence electrons. The molecule has 0 saturated heterocycles. The lowest BCUT2D eigenvalue weighted by Gasteiger charge is -2.23. The van der Waals surface area contributed by atoms with Crippen LogP contribution in [0.3, 0.4) is 0 Å². The molecule has 0 spiro atoms. The lowest BCUT2D eigenvalue weighted by Crippen LogP contribution is -2.44. The highest BCUT2D eigenvalue weighted by Crippen LogP contribution is 2.27. The minimum absolute atomic E-state index is 0.0206. The summed E-state index contributed by atoms with van der Waals surface area (Å²) in [4.78, 5) is 20.4. The summed E-state index contributed by atoms with van der Waals surface area (Å²) in [6, 6.07) is 7.34. The SMILES string of the molecule is Cc1ccnc(NC(=O)C(C)(C)S(=O)(=O)c2ccc(Cl)cc2)n1. The second kappa shape index (κ2) is 6.25. The highest BCUT2D eigenvalue weighted by atomic mass is 35.5. The molecule has 0 fully saturated rings. The van der Waals surface area contributed by atoms with E-state index in [1.54, 1.807) is 13.0 Å². The van der Waals surface area contributed by atoms with Crippen LogP contribution in [0.15, 0.2) is 41.4 Å². The molecule has 0 atom stereocenters. The number of nitrogens with zero attached hydrogens (tertiary/aromatic N) is 2. The molecule has 2 aromatic rings. The number of hydrogen-bond acceptors (Lipinski definition) is 5. The van der Waals surface area contributed by atoms with Crippen molar-refractivity contribution < 1.29 is 13.2 Å². The summed E-state index contributed by atoms with van der Waals surface area (Å²) >= 11 is 5.77. The number of nitrogens with one attached hydrogen (secondary N) is 1. The van der Waals surface area contributed by atoms with Crippen molar-refractivity contribution in [3.05, 3.63) is 47.2 Å². The monoisotopic (exact) mass is 353 g/mol. The molecule has 0 radical (unpaired) electrons. The lowest BCUT2D eigenvalue weighted by molar-refractivity contribution is -0.117. The van der Waals surface area contributed by atoms with Crippen LogP contribution in [0, 0.1) is 6.92 Å². The lowest BCUT2D eigenvalue weighted by atomic mass is 10.2. The Balaban J connectivity index is 2.32. The molecule has 0 saturated carbocycles. The fourth-order valence-corrected chi connectivity index (χ4v) is 3.30. The third kappa shape index (κ3) is 3.51. The highest BCUT2D eigenvalue weighted by molar-refractivity contribution is 7.93. The van der Waals surface area contributed by atoms with Gasteiger partial charge >= 0.3 is 0 Å². The molecule has 0 aliphatic heterocycles. The minimum atomic E-state index is -3.91. The zero-order valence-corrected chi connectivity index (χ0v) is 14.4. The van der Waals surface area contributed by atoms with E-state index >= 15 is 0 Å². The van der Waals surface area contributed by atoms with Gasteiger partial charge in [-0.05, 0) is 51.1 Å². The van der Waals surface area contributed by atoms with Crippen LogP contribution in [-0.4, -0.2) is 29.0 Å². The van der Waals surface area contributed by atoms with Gasteiger partial charge in [-0.3, -0.25) is 10.1 Å². The summed E-state index contributed by atoms with van der Waals surface area (Å²) in [5, 5.41) is 2.86. The maximum atomic E-state index is 12.7. The molecule has 2 rings (SSSR count). The average molecular weight is 354 g/mol. The molecule has 0 aliphatic rings. The zero-order chi connectivity index (χ0) is 17.3. The fourth-order valence-electron chi connectivity index (χ4n) is 1.79. The highest BCUT2D eigenvalue weighted by Gasteiger charge is 2.43. The Bertz CT molecular complexity index is 833. The maximum Gasteiger partial charge on any atom is 0.248 e. The average Bonchev–Trinajstić information content (AvgIpc) is 2.47. The van der Waals surface area contributed by atoms with Crippen molar-refractivity contribution >= 4 is 33.3 Å². The van der Waals surface area contributed by atoms with E-state index in [1.165, 1.54) is 44.3 Å². The predicted octanol–water partition coefficient (Wildman–Crippen LogP) is 2.63. The van der Waals surface area contributed by atoms with Crippen LogP contribution in [0.2, 0.25) is 5.02 Å². The van der Waals surface area contributed by atoms with Crippen molar-refractivity contribution in [3.8, 4) is 0 Å². The Morgan fingerprint density at radius 1 is 1.17 bits per heavy atom. The number of hydrogen-bond donors (Lipinski definition) is 1. The van der Waals surface area contributed by atoms with E-state index in [0.29, 0.717) is 10.7 Å². The Morgan fingerprint density at radius 2 is 1.78 bits per heavy atom. The van der Waals surface area contributed by atoms with Crippen molar-refractivity contribution in [1.82, 2.24) is 9.97 Å². The third-order valence-electron chi connectivity index (χ3n) is 3.36. The molecule has 23 heavy (non-hydrogen) atoms. The van der Waals surface area contributed by atoms with E-state index in [1.807, 2.05) is 0 Å². The van der Waals surface area contributed by atoms with Gasteiger partial charge in [-0.25, -0.2) is 18.4 Å². The first kappa shape index (κ1) is 17.4. The predicted molar refractivity (Wildman–Crippen MR) is 88.1 cm³/mol. The number of benzene rings is 1. The van der Waals surface area contributed by atoms with E-state index in [4.69, 9.17) is 11.6 Å². The summed E-state index contributed by atoms with van der Waals surface area (Å²) in [5.41, 5.74) is 0.661. The van der Waals surface area contributed by atoms with Crippen LogP contribution in [-0.2, 0) is 14.6 Å². The smallest absolute Gasteiger partial charge is 0.248 e. The number of aryl methyl sites for hydroxylation is 1. The molecule has 1 aromatic carbocycles. The second-order valence-electron chi connectivity index (χ2n) is 5.44. The summed E-state index contributed by atoms with van der Waals surface area (Å²) in [5.74, 6) is -0.646. The first-order valence-electron chi connectivity index (χ1n) is 6.76. The molecule has 1 N–H and O–H groups in total. The molecule has 1 amide bonds. The molecular weight excluding hydrogens is 338 g/mol. The second-order valence-corrected chi connectivity index (χ2v) is 8.38. The maximum absolute atomic E-state index is 12.7. The van der Waals surface area contributed by atoms with Crippen molar-refractivity contribution in [3.63, 3.8) is 0 Å². The number of anilines is 1. The van der Waals surface area contributed by atoms with Gasteiger partial charge in [-0.1, -0.05) is 11.6 Å². The van der Waals surface area contributed by atoms with Crippen LogP contribution in [0.5, 0.6) is 0 Å². The van der Waals surface area contributed by atoms with Gasteiger partial charge in [0.05, 0.1) is 4.90 Å². The number of aromatic nitrogens is 2. The Hall–Kier alpha value is -1.99. The number of halogens is 1. The molecule has 0 bridgehead atoms. The van der Waals surface area contributed by atoms with Crippen molar-refractivity contribution in [2.45, 2.75) is 30.4 Å². The van der Waals surface area contributed by atoms with Gasteiger partial charge in [-0.2, -0.15) is 0 Å². The van der Waals surface area contributed by atoms with Gasteiger partial charge in [0, 0.05) is 16.9 Å². The molecule has 0 unspecified atom stereocenters. The quantitative estimate of drug-likeness (QED) is 0.912. The van der Waals surface area contributed by atoms with Gasteiger partial charge in [0.25, 0.3) is 0 Å². The number of rotatable bonds is 4. The summed E-state index contributed by atoms with van der Waals surface area (Å²) in [7, 11) is -3.91. The fraction of sp³-hybridized carbons (Fsp3) is 0.267. The molecule has 1 heterocycles. The van der Waals surface area contributed by atoms with E-state index in [-0.39, 0.29) is 10.8 Å². The number of carbonyl (C=O) groups is 1. The van der Waals surface area contributed by atoms with Crippen molar-refractivity contribution in [1.29, 1.82) is 0 Å². The summed E-state index contributed by atoms with van der Waals surface area (Å²) in [6.45, 7) is 4.41. The van der Waals surface area contributed by atoms with Gasteiger partial charge in [0.2, 0.25) is 11.9 Å². The number of sulfone groups is 1. The van der Waals surface area contributed by atoms with Crippen LogP contribution >= 0.6 is 11.6 Å². The van der Waals surface area contributed by atoms with E-state index in [2.05, 4.69) is 15.3 Å². The molecular formula is C15H16ClN3O3S. The van der Waals surface area contributed by atoms with Gasteiger partial charge in [0.1, 0.15) is 4.75 Å². The van der Waals surface area contributed by atoms with E-state index in [0.717, 1.165) is 0 Å². The first-order valence-corrected chi connectivity index (χ1v) is 8.62. The van der Waals surface area contributed by atoms with Crippen LogP contribution in [0.25, 0.3) is 0 Å². The molecule has 8 heteroatoms. The molecule has 6 nitrogen and oxygen atoms in total. The van der Waals surface area contributed by atoms with Crippen LogP contribution < -0.4 is 5.32 Å². The Labute approximate surface area is 139 Å². The summed E-state index contributed by atoms with van der Waals surface area (Å²) in [6.07, 6.45) is 1.48. The van der Waals surface area contributed by atoms with Gasteiger partial charge < -0.3 is 0 Å². The minimum Gasteiger partial charge on any atom is -0.293 e. The Morgan fingerprint density at radius 3 is 2.35 bits per heavy atom. The normalized spacial score (nSPS) is 12.0.